The number of H-pyrrole nitrogens is 1. The highest BCUT2D eigenvalue weighted by Crippen LogP contribution is 2.29. The number of hydrogen-bond acceptors (Lipinski definition) is 4. The SMILES string of the molecule is NC(=O)NCc1ccc(CN(C(=O)C(c2ccccc2)c2ccccc2)[C@H](Cc2ccc3nc[nH]c3c2)C(N)=O)cc1. The molecule has 0 aliphatic carbocycles. The lowest BCUT2D eigenvalue weighted by Crippen LogP contribution is -2.50. The molecule has 5 rings (SSSR count). The van der Waals surface area contributed by atoms with Crippen LogP contribution in [0.3, 0.4) is 0 Å². The predicted molar refractivity (Wildman–Crippen MR) is 161 cm³/mol. The largest absolute Gasteiger partial charge is 0.368 e. The second kappa shape index (κ2) is 12.8. The number of imidazole rings is 1. The summed E-state index contributed by atoms with van der Waals surface area (Å²) in [6.07, 6.45) is 1.84. The van der Waals surface area contributed by atoms with Gasteiger partial charge in [0.15, 0.2) is 0 Å². The zero-order valence-electron chi connectivity index (χ0n) is 22.9. The van der Waals surface area contributed by atoms with E-state index in [1.165, 1.54) is 0 Å². The van der Waals surface area contributed by atoms with Crippen LogP contribution >= 0.6 is 0 Å². The van der Waals surface area contributed by atoms with E-state index < -0.39 is 23.9 Å². The first-order valence-electron chi connectivity index (χ1n) is 13.6. The van der Waals surface area contributed by atoms with E-state index >= 15 is 0 Å². The fraction of sp³-hybridized carbons (Fsp3) is 0.152. The number of primary amides is 2. The monoisotopic (exact) mass is 560 g/mol. The summed E-state index contributed by atoms with van der Waals surface area (Å²) in [4.78, 5) is 47.8. The molecule has 5 aromatic rings. The first kappa shape index (κ1) is 28.1. The van der Waals surface area contributed by atoms with Crippen LogP contribution in [0.25, 0.3) is 11.0 Å². The van der Waals surface area contributed by atoms with E-state index in [4.69, 9.17) is 11.5 Å². The summed E-state index contributed by atoms with van der Waals surface area (Å²) in [5, 5.41) is 2.57. The fourth-order valence-corrected chi connectivity index (χ4v) is 5.12. The van der Waals surface area contributed by atoms with Crippen molar-refractivity contribution in [1.82, 2.24) is 20.2 Å². The van der Waals surface area contributed by atoms with Crippen molar-refractivity contribution >= 4 is 28.9 Å². The predicted octanol–water partition coefficient (Wildman–Crippen LogP) is 3.99. The topological polar surface area (TPSA) is 147 Å². The summed E-state index contributed by atoms with van der Waals surface area (Å²) in [7, 11) is 0. The number of carbonyl (C=O) groups is 3. The van der Waals surface area contributed by atoms with E-state index in [9.17, 15) is 14.4 Å². The molecule has 4 aromatic carbocycles. The number of fused-ring (bicyclic) bond motifs is 1. The molecule has 0 aliphatic heterocycles. The summed E-state index contributed by atoms with van der Waals surface area (Å²) in [5.41, 5.74) is 17.0. The van der Waals surface area contributed by atoms with Crippen LogP contribution in [0.5, 0.6) is 0 Å². The van der Waals surface area contributed by atoms with Gasteiger partial charge in [0.25, 0.3) is 0 Å². The molecule has 1 atom stereocenters. The summed E-state index contributed by atoms with van der Waals surface area (Å²) in [5.74, 6) is -1.49. The molecule has 4 amide bonds. The van der Waals surface area contributed by atoms with Gasteiger partial charge >= 0.3 is 6.03 Å². The van der Waals surface area contributed by atoms with Crippen LogP contribution in [0.1, 0.15) is 33.7 Å². The molecule has 0 aliphatic rings. The first-order valence-corrected chi connectivity index (χ1v) is 13.6. The van der Waals surface area contributed by atoms with E-state index in [1.54, 1.807) is 11.2 Å². The summed E-state index contributed by atoms with van der Waals surface area (Å²) in [6, 6.07) is 30.7. The van der Waals surface area contributed by atoms with Crippen LogP contribution in [-0.2, 0) is 29.1 Å². The number of urea groups is 1. The minimum Gasteiger partial charge on any atom is -0.368 e. The first-order chi connectivity index (χ1) is 20.4. The van der Waals surface area contributed by atoms with Crippen molar-refractivity contribution < 1.29 is 14.4 Å². The van der Waals surface area contributed by atoms with Crippen LogP contribution < -0.4 is 16.8 Å². The Morgan fingerprint density at radius 2 is 1.38 bits per heavy atom. The van der Waals surface area contributed by atoms with E-state index in [0.29, 0.717) is 0 Å². The molecule has 0 bridgehead atoms. The maximum Gasteiger partial charge on any atom is 0.312 e. The molecule has 0 spiro atoms. The zero-order chi connectivity index (χ0) is 29.5. The third kappa shape index (κ3) is 6.64. The molecule has 0 fully saturated rings. The molecule has 9 heteroatoms. The van der Waals surface area contributed by atoms with Gasteiger partial charge in [-0.25, -0.2) is 9.78 Å². The number of amides is 4. The van der Waals surface area contributed by atoms with Gasteiger partial charge in [-0.15, -0.1) is 0 Å². The number of benzene rings is 4. The highest BCUT2D eigenvalue weighted by Gasteiger charge is 2.34. The Kier molecular flexibility index (Phi) is 8.58. The number of carbonyl (C=O) groups excluding carboxylic acids is 3. The molecular formula is C33H32N6O3. The second-order valence-corrected chi connectivity index (χ2v) is 10.1. The van der Waals surface area contributed by atoms with Gasteiger partial charge in [-0.05, 0) is 39.9 Å². The normalized spacial score (nSPS) is 11.7. The smallest absolute Gasteiger partial charge is 0.312 e. The van der Waals surface area contributed by atoms with Crippen molar-refractivity contribution in [2.45, 2.75) is 31.5 Å². The Bertz CT molecular complexity index is 1630. The van der Waals surface area contributed by atoms with Crippen molar-refractivity contribution in [3.63, 3.8) is 0 Å². The fourth-order valence-electron chi connectivity index (χ4n) is 5.12. The van der Waals surface area contributed by atoms with Crippen molar-refractivity contribution in [3.05, 3.63) is 137 Å². The highest BCUT2D eigenvalue weighted by molar-refractivity contribution is 5.92. The molecule has 9 nitrogen and oxygen atoms in total. The van der Waals surface area contributed by atoms with Gasteiger partial charge in [0.1, 0.15) is 6.04 Å². The van der Waals surface area contributed by atoms with E-state index in [-0.39, 0.29) is 25.4 Å². The van der Waals surface area contributed by atoms with Crippen molar-refractivity contribution in [1.29, 1.82) is 0 Å². The number of nitrogens with one attached hydrogen (secondary N) is 2. The van der Waals surface area contributed by atoms with E-state index in [0.717, 1.165) is 38.9 Å². The lowest BCUT2D eigenvalue weighted by molar-refractivity contribution is -0.140. The summed E-state index contributed by atoms with van der Waals surface area (Å²) < 4.78 is 0. The summed E-state index contributed by atoms with van der Waals surface area (Å²) in [6.45, 7) is 0.431. The number of rotatable bonds is 11. The highest BCUT2D eigenvalue weighted by atomic mass is 16.2. The molecular weight excluding hydrogens is 528 g/mol. The van der Waals surface area contributed by atoms with Gasteiger partial charge in [0.2, 0.25) is 11.8 Å². The average Bonchev–Trinajstić information content (AvgIpc) is 3.47. The third-order valence-corrected chi connectivity index (χ3v) is 7.26. The maximum atomic E-state index is 14.6. The third-order valence-electron chi connectivity index (χ3n) is 7.26. The van der Waals surface area contributed by atoms with Crippen molar-refractivity contribution in [2.75, 3.05) is 0 Å². The lowest BCUT2D eigenvalue weighted by atomic mass is 9.89. The second-order valence-electron chi connectivity index (χ2n) is 10.1. The number of hydrogen-bond donors (Lipinski definition) is 4. The Labute approximate surface area is 243 Å². The lowest BCUT2D eigenvalue weighted by Gasteiger charge is -2.33. The molecule has 1 heterocycles. The quantitative estimate of drug-likeness (QED) is 0.193. The van der Waals surface area contributed by atoms with E-state index in [2.05, 4.69) is 15.3 Å². The van der Waals surface area contributed by atoms with Gasteiger partial charge in [-0.2, -0.15) is 0 Å². The van der Waals surface area contributed by atoms with E-state index in [1.807, 2.05) is 103 Å². The van der Waals surface area contributed by atoms with Gasteiger partial charge in [-0.1, -0.05) is 91.0 Å². The van der Waals surface area contributed by atoms with Crippen molar-refractivity contribution in [3.8, 4) is 0 Å². The number of aromatic amines is 1. The molecule has 212 valence electrons. The molecule has 0 unspecified atom stereocenters. The van der Waals surface area contributed by atoms with Crippen LogP contribution in [0, 0.1) is 0 Å². The average molecular weight is 561 g/mol. The molecule has 0 saturated carbocycles. The Hall–Kier alpha value is -5.44. The van der Waals surface area contributed by atoms with Gasteiger partial charge < -0.3 is 26.7 Å². The molecule has 6 N–H and O–H groups in total. The van der Waals surface area contributed by atoms with Crippen LogP contribution in [-0.4, -0.2) is 38.8 Å². The van der Waals surface area contributed by atoms with Gasteiger partial charge in [-0.3, -0.25) is 9.59 Å². The van der Waals surface area contributed by atoms with Gasteiger partial charge in [0.05, 0.1) is 23.3 Å². The Morgan fingerprint density at radius 1 is 0.786 bits per heavy atom. The molecule has 0 saturated heterocycles. The van der Waals surface area contributed by atoms with Crippen LogP contribution in [0.15, 0.2) is 109 Å². The molecule has 0 radical (unpaired) electrons. The minimum atomic E-state index is -0.927. The minimum absolute atomic E-state index is 0.151. The number of aromatic nitrogens is 2. The molecule has 1 aromatic heterocycles. The maximum absolute atomic E-state index is 14.6. The number of nitrogens with two attached hydrogens (primary N) is 2. The Balaban J connectivity index is 1.53. The Morgan fingerprint density at radius 3 is 1.98 bits per heavy atom. The van der Waals surface area contributed by atoms with Crippen LogP contribution in [0.2, 0.25) is 0 Å². The number of nitrogens with zero attached hydrogens (tertiary/aromatic N) is 2. The summed E-state index contributed by atoms with van der Waals surface area (Å²) >= 11 is 0. The standard InChI is InChI=1S/C33H32N6O3/c34-31(40)29(18-24-15-16-27-28(17-24)38-21-37-27)39(20-23-13-11-22(12-14-23)19-36-33(35)42)32(41)30(25-7-3-1-4-8-25)26-9-5-2-6-10-26/h1-17,21,29-30H,18-20H2,(H2,34,40)(H,37,38)(H3,35,36,42)/t29-/m1/s1. The zero-order valence-corrected chi connectivity index (χ0v) is 22.9. The van der Waals surface area contributed by atoms with Gasteiger partial charge in [0, 0.05) is 19.5 Å². The van der Waals surface area contributed by atoms with Crippen molar-refractivity contribution in [2.24, 2.45) is 11.5 Å². The molecule has 42 heavy (non-hydrogen) atoms. The van der Waals surface area contributed by atoms with Crippen LogP contribution in [0.4, 0.5) is 4.79 Å².